The van der Waals surface area contributed by atoms with Crippen molar-refractivity contribution in [3.63, 3.8) is 0 Å². The predicted molar refractivity (Wildman–Crippen MR) is 71.8 cm³/mol. The van der Waals surface area contributed by atoms with Crippen LogP contribution in [0.3, 0.4) is 0 Å². The Morgan fingerprint density at radius 2 is 2.18 bits per heavy atom. The van der Waals surface area contributed by atoms with Gasteiger partial charge in [0.05, 0.1) is 12.7 Å². The van der Waals surface area contributed by atoms with Crippen LogP contribution in [0.5, 0.6) is 0 Å². The molecule has 17 heavy (non-hydrogen) atoms. The summed E-state index contributed by atoms with van der Waals surface area (Å²) in [5, 5.41) is 3.92. The molecule has 3 unspecified atom stereocenters. The molecule has 2 fully saturated rings. The molecule has 4 heteroatoms. The second kappa shape index (κ2) is 6.93. The number of halogens is 1. The van der Waals surface area contributed by atoms with Crippen LogP contribution in [0.4, 0.5) is 0 Å². The molecule has 1 heterocycles. The third-order valence-corrected chi connectivity index (χ3v) is 4.48. The van der Waals surface area contributed by atoms with Gasteiger partial charge in [-0.3, -0.25) is 4.90 Å². The number of alkyl halides is 1. The van der Waals surface area contributed by atoms with Gasteiger partial charge < -0.3 is 10.1 Å². The van der Waals surface area contributed by atoms with Crippen LogP contribution in [-0.2, 0) is 4.74 Å². The van der Waals surface area contributed by atoms with E-state index in [9.17, 15) is 0 Å². The molecule has 2 rings (SSSR count). The number of likely N-dealkylation sites (N-methyl/N-ethyl adjacent to an activating group) is 1. The van der Waals surface area contributed by atoms with Gasteiger partial charge in [0.25, 0.3) is 0 Å². The normalized spacial score (nSPS) is 36.0. The molecule has 1 N–H and O–H groups in total. The fourth-order valence-electron chi connectivity index (χ4n) is 2.79. The Morgan fingerprint density at radius 3 is 2.94 bits per heavy atom. The molecule has 1 aliphatic heterocycles. The first kappa shape index (κ1) is 13.6. The second-order valence-corrected chi connectivity index (χ2v) is 5.76. The van der Waals surface area contributed by atoms with Crippen molar-refractivity contribution < 1.29 is 4.74 Å². The van der Waals surface area contributed by atoms with Crippen LogP contribution in [0, 0.1) is 0 Å². The predicted octanol–water partition coefficient (Wildman–Crippen LogP) is 1.85. The van der Waals surface area contributed by atoms with Gasteiger partial charge in [-0.05, 0) is 19.4 Å². The molecule has 0 spiro atoms. The summed E-state index contributed by atoms with van der Waals surface area (Å²) in [6, 6.07) is 0.492. The van der Waals surface area contributed by atoms with E-state index in [1.165, 1.54) is 19.3 Å². The Kier molecular flexibility index (Phi) is 5.54. The zero-order valence-electron chi connectivity index (χ0n) is 10.8. The van der Waals surface area contributed by atoms with Crippen molar-refractivity contribution in [3.8, 4) is 0 Å². The Balaban J connectivity index is 1.69. The second-order valence-electron chi connectivity index (χ2n) is 5.20. The van der Waals surface area contributed by atoms with Gasteiger partial charge in [-0.25, -0.2) is 0 Å². The quantitative estimate of drug-likeness (QED) is 0.781. The molecule has 0 aromatic heterocycles. The van der Waals surface area contributed by atoms with E-state index in [0.29, 0.717) is 17.5 Å². The van der Waals surface area contributed by atoms with Gasteiger partial charge in [0.2, 0.25) is 0 Å². The number of morpholine rings is 1. The van der Waals surface area contributed by atoms with Crippen molar-refractivity contribution in [2.45, 2.75) is 50.1 Å². The minimum Gasteiger partial charge on any atom is -0.374 e. The van der Waals surface area contributed by atoms with Gasteiger partial charge in [0.1, 0.15) is 0 Å². The van der Waals surface area contributed by atoms with Gasteiger partial charge in [0.15, 0.2) is 0 Å². The zero-order valence-corrected chi connectivity index (χ0v) is 11.6. The summed E-state index contributed by atoms with van der Waals surface area (Å²) in [5.74, 6) is 0. The maximum Gasteiger partial charge on any atom is 0.0826 e. The standard InChI is InChI=1S/C13H25ClN2O/c1-2-16-7-8-17-11(10-16)9-15-13-6-4-3-5-12(13)14/h11-13,15H,2-10H2,1H3. The molecule has 2 aliphatic rings. The molecular formula is C13H25ClN2O. The summed E-state index contributed by atoms with van der Waals surface area (Å²) in [6.45, 7) is 7.30. The van der Waals surface area contributed by atoms with Crippen molar-refractivity contribution in [2.75, 3.05) is 32.8 Å². The number of hydrogen-bond acceptors (Lipinski definition) is 3. The SMILES string of the molecule is CCN1CCOC(CNC2CCCCC2Cl)C1. The van der Waals surface area contributed by atoms with Gasteiger partial charge in [-0.1, -0.05) is 19.8 Å². The molecule has 0 radical (unpaired) electrons. The summed E-state index contributed by atoms with van der Waals surface area (Å²) in [5.41, 5.74) is 0. The third kappa shape index (κ3) is 4.09. The van der Waals surface area contributed by atoms with Crippen LogP contribution in [0.1, 0.15) is 32.6 Å². The lowest BCUT2D eigenvalue weighted by Gasteiger charge is -2.34. The molecule has 3 nitrogen and oxygen atoms in total. The minimum atomic E-state index is 0.314. The highest BCUT2D eigenvalue weighted by Crippen LogP contribution is 2.23. The monoisotopic (exact) mass is 260 g/mol. The average molecular weight is 261 g/mol. The molecule has 1 saturated carbocycles. The number of hydrogen-bond donors (Lipinski definition) is 1. The van der Waals surface area contributed by atoms with Crippen molar-refractivity contribution in [2.24, 2.45) is 0 Å². The highest BCUT2D eigenvalue weighted by molar-refractivity contribution is 6.21. The van der Waals surface area contributed by atoms with E-state index >= 15 is 0 Å². The van der Waals surface area contributed by atoms with E-state index in [4.69, 9.17) is 16.3 Å². The number of ether oxygens (including phenoxy) is 1. The molecule has 1 saturated heterocycles. The van der Waals surface area contributed by atoms with E-state index in [-0.39, 0.29) is 0 Å². The van der Waals surface area contributed by atoms with E-state index in [1.54, 1.807) is 0 Å². The van der Waals surface area contributed by atoms with E-state index in [1.807, 2.05) is 0 Å². The van der Waals surface area contributed by atoms with Gasteiger partial charge >= 0.3 is 0 Å². The van der Waals surface area contributed by atoms with Crippen LogP contribution >= 0.6 is 11.6 Å². The highest BCUT2D eigenvalue weighted by atomic mass is 35.5. The Labute approximate surface area is 110 Å². The summed E-state index contributed by atoms with van der Waals surface area (Å²) in [4.78, 5) is 2.45. The van der Waals surface area contributed by atoms with Crippen molar-refractivity contribution in [1.82, 2.24) is 10.2 Å². The summed E-state index contributed by atoms with van der Waals surface area (Å²) >= 11 is 6.34. The fraction of sp³-hybridized carbons (Fsp3) is 1.00. The number of nitrogens with zero attached hydrogens (tertiary/aromatic N) is 1. The number of rotatable bonds is 4. The van der Waals surface area contributed by atoms with Crippen LogP contribution in [0.15, 0.2) is 0 Å². The maximum absolute atomic E-state index is 6.34. The summed E-state index contributed by atoms with van der Waals surface area (Å²) < 4.78 is 5.79. The van der Waals surface area contributed by atoms with E-state index in [2.05, 4.69) is 17.1 Å². The van der Waals surface area contributed by atoms with Crippen LogP contribution in [0.25, 0.3) is 0 Å². The van der Waals surface area contributed by atoms with Crippen molar-refractivity contribution >= 4 is 11.6 Å². The van der Waals surface area contributed by atoms with Crippen molar-refractivity contribution in [3.05, 3.63) is 0 Å². The largest absolute Gasteiger partial charge is 0.374 e. The summed E-state index contributed by atoms with van der Waals surface area (Å²) in [6.07, 6.45) is 5.32. The third-order valence-electron chi connectivity index (χ3n) is 3.96. The fourth-order valence-corrected chi connectivity index (χ4v) is 3.16. The van der Waals surface area contributed by atoms with Gasteiger partial charge in [-0.15, -0.1) is 11.6 Å². The summed E-state index contributed by atoms with van der Waals surface area (Å²) in [7, 11) is 0. The van der Waals surface area contributed by atoms with Crippen molar-refractivity contribution in [1.29, 1.82) is 0 Å². The molecule has 1 aliphatic carbocycles. The zero-order chi connectivity index (χ0) is 12.1. The lowest BCUT2D eigenvalue weighted by Crippen LogP contribution is -2.50. The lowest BCUT2D eigenvalue weighted by molar-refractivity contribution is -0.0267. The van der Waals surface area contributed by atoms with Crippen LogP contribution in [-0.4, -0.2) is 55.2 Å². The van der Waals surface area contributed by atoms with Gasteiger partial charge in [0, 0.05) is 31.1 Å². The van der Waals surface area contributed by atoms with Crippen LogP contribution < -0.4 is 5.32 Å². The molecule has 0 aromatic rings. The molecular weight excluding hydrogens is 236 g/mol. The first-order chi connectivity index (χ1) is 8.29. The molecule has 0 bridgehead atoms. The maximum atomic E-state index is 6.34. The lowest BCUT2D eigenvalue weighted by atomic mass is 9.95. The van der Waals surface area contributed by atoms with Gasteiger partial charge in [-0.2, -0.15) is 0 Å². The minimum absolute atomic E-state index is 0.314. The Bertz CT molecular complexity index is 227. The molecule has 3 atom stereocenters. The van der Waals surface area contributed by atoms with E-state index in [0.717, 1.165) is 39.2 Å². The Morgan fingerprint density at radius 1 is 1.35 bits per heavy atom. The first-order valence-electron chi connectivity index (χ1n) is 7.01. The molecule has 0 aromatic carbocycles. The topological polar surface area (TPSA) is 24.5 Å². The van der Waals surface area contributed by atoms with Crippen LogP contribution in [0.2, 0.25) is 0 Å². The Hall–Kier alpha value is 0.170. The molecule has 100 valence electrons. The first-order valence-corrected chi connectivity index (χ1v) is 7.44. The number of nitrogens with one attached hydrogen (secondary N) is 1. The highest BCUT2D eigenvalue weighted by Gasteiger charge is 2.25. The average Bonchev–Trinajstić information content (AvgIpc) is 2.38. The molecule has 0 amide bonds. The smallest absolute Gasteiger partial charge is 0.0826 e. The van der Waals surface area contributed by atoms with E-state index < -0.39 is 0 Å².